The van der Waals surface area contributed by atoms with Crippen LogP contribution in [0.4, 0.5) is 0 Å². The number of hydrogen-bond donors (Lipinski definition) is 2. The second-order valence-corrected chi connectivity index (χ2v) is 3.41. The molecule has 1 saturated carbocycles. The van der Waals surface area contributed by atoms with E-state index in [1.54, 1.807) is 13.0 Å². The molecule has 0 bridgehead atoms. The van der Waals surface area contributed by atoms with Crippen molar-refractivity contribution in [1.82, 2.24) is 10.6 Å². The SMILES string of the molecule is CC(NC(=O)CC#N)C(=O)NC1CC1. The molecule has 1 aliphatic carbocycles. The molecule has 76 valence electrons. The fourth-order valence-electron chi connectivity index (χ4n) is 0.984. The summed E-state index contributed by atoms with van der Waals surface area (Å²) < 4.78 is 0. The van der Waals surface area contributed by atoms with E-state index in [4.69, 9.17) is 5.26 Å². The molecule has 1 aliphatic rings. The van der Waals surface area contributed by atoms with Crippen LogP contribution >= 0.6 is 0 Å². The highest BCUT2D eigenvalue weighted by atomic mass is 16.2. The van der Waals surface area contributed by atoms with Crippen LogP contribution in [0.3, 0.4) is 0 Å². The van der Waals surface area contributed by atoms with Crippen molar-refractivity contribution in [3.05, 3.63) is 0 Å². The number of nitriles is 1. The Labute approximate surface area is 82.5 Å². The molecule has 5 nitrogen and oxygen atoms in total. The lowest BCUT2D eigenvalue weighted by molar-refractivity contribution is -0.128. The van der Waals surface area contributed by atoms with Crippen LogP contribution in [0.25, 0.3) is 0 Å². The van der Waals surface area contributed by atoms with Crippen molar-refractivity contribution in [2.24, 2.45) is 0 Å². The summed E-state index contributed by atoms with van der Waals surface area (Å²) >= 11 is 0. The Balaban J connectivity index is 2.25. The molecular weight excluding hydrogens is 182 g/mol. The van der Waals surface area contributed by atoms with Gasteiger partial charge in [0.1, 0.15) is 12.5 Å². The average molecular weight is 195 g/mol. The maximum Gasteiger partial charge on any atom is 0.242 e. The zero-order chi connectivity index (χ0) is 10.6. The Morgan fingerprint density at radius 1 is 1.57 bits per heavy atom. The molecule has 1 fully saturated rings. The van der Waals surface area contributed by atoms with E-state index in [0.717, 1.165) is 12.8 Å². The summed E-state index contributed by atoms with van der Waals surface area (Å²) in [6.07, 6.45) is 1.83. The number of hydrogen-bond acceptors (Lipinski definition) is 3. The number of carbonyl (C=O) groups excluding carboxylic acids is 2. The van der Waals surface area contributed by atoms with Gasteiger partial charge in [-0.25, -0.2) is 0 Å². The Kier molecular flexibility index (Phi) is 3.46. The molecule has 0 radical (unpaired) electrons. The molecule has 0 aromatic rings. The third-order valence-corrected chi connectivity index (χ3v) is 1.93. The molecule has 0 heterocycles. The molecule has 0 aromatic carbocycles. The average Bonchev–Trinajstić information content (AvgIpc) is 2.88. The van der Waals surface area contributed by atoms with E-state index < -0.39 is 11.9 Å². The first-order valence-corrected chi connectivity index (χ1v) is 4.60. The summed E-state index contributed by atoms with van der Waals surface area (Å²) in [5, 5.41) is 13.4. The van der Waals surface area contributed by atoms with Crippen molar-refractivity contribution in [3.8, 4) is 6.07 Å². The third kappa shape index (κ3) is 3.44. The predicted octanol–water partition coefficient (Wildman–Crippen LogP) is -0.317. The molecule has 1 atom stereocenters. The number of carbonyl (C=O) groups is 2. The van der Waals surface area contributed by atoms with Gasteiger partial charge in [-0.05, 0) is 19.8 Å². The summed E-state index contributed by atoms with van der Waals surface area (Å²) in [6.45, 7) is 1.60. The van der Waals surface area contributed by atoms with Gasteiger partial charge in [0.2, 0.25) is 11.8 Å². The van der Waals surface area contributed by atoms with Crippen LogP contribution in [0.5, 0.6) is 0 Å². The van der Waals surface area contributed by atoms with Crippen LogP contribution in [0.2, 0.25) is 0 Å². The summed E-state index contributed by atoms with van der Waals surface area (Å²) in [7, 11) is 0. The molecule has 0 aliphatic heterocycles. The number of rotatable bonds is 4. The monoisotopic (exact) mass is 195 g/mol. The first-order valence-electron chi connectivity index (χ1n) is 4.60. The van der Waals surface area contributed by atoms with Crippen molar-refractivity contribution >= 4 is 11.8 Å². The van der Waals surface area contributed by atoms with E-state index in [1.807, 2.05) is 0 Å². The second kappa shape index (κ2) is 4.61. The standard InChI is InChI=1S/C9H13N3O2/c1-6(11-8(13)4-5-10)9(14)12-7-2-3-7/h6-7H,2-4H2,1H3,(H,11,13)(H,12,14). The summed E-state index contributed by atoms with van der Waals surface area (Å²) in [4.78, 5) is 22.3. The van der Waals surface area contributed by atoms with Gasteiger partial charge in [0, 0.05) is 6.04 Å². The second-order valence-electron chi connectivity index (χ2n) is 3.41. The topological polar surface area (TPSA) is 82.0 Å². The minimum Gasteiger partial charge on any atom is -0.352 e. The molecule has 0 saturated heterocycles. The van der Waals surface area contributed by atoms with E-state index >= 15 is 0 Å². The van der Waals surface area contributed by atoms with Crippen molar-refractivity contribution in [2.75, 3.05) is 0 Å². The van der Waals surface area contributed by atoms with Gasteiger partial charge in [-0.15, -0.1) is 0 Å². The number of amides is 2. The molecule has 0 spiro atoms. The van der Waals surface area contributed by atoms with E-state index in [9.17, 15) is 9.59 Å². The normalized spacial score (nSPS) is 16.6. The van der Waals surface area contributed by atoms with Gasteiger partial charge >= 0.3 is 0 Å². The van der Waals surface area contributed by atoms with E-state index in [1.165, 1.54) is 0 Å². The van der Waals surface area contributed by atoms with Gasteiger partial charge in [0.05, 0.1) is 6.07 Å². The molecule has 0 aromatic heterocycles. The summed E-state index contributed by atoms with van der Waals surface area (Å²) in [5.74, 6) is -0.593. The Hall–Kier alpha value is -1.57. The molecule has 1 unspecified atom stereocenters. The lowest BCUT2D eigenvalue weighted by Gasteiger charge is -2.12. The van der Waals surface area contributed by atoms with E-state index in [-0.39, 0.29) is 18.4 Å². The lowest BCUT2D eigenvalue weighted by atomic mass is 10.3. The summed E-state index contributed by atoms with van der Waals surface area (Å²) in [6, 6.07) is 1.45. The highest BCUT2D eigenvalue weighted by molar-refractivity contribution is 5.88. The quantitative estimate of drug-likeness (QED) is 0.645. The molecule has 14 heavy (non-hydrogen) atoms. The van der Waals surface area contributed by atoms with Crippen LogP contribution < -0.4 is 10.6 Å². The minimum atomic E-state index is -0.559. The number of nitrogens with one attached hydrogen (secondary N) is 2. The highest BCUT2D eigenvalue weighted by Gasteiger charge is 2.25. The van der Waals surface area contributed by atoms with Gasteiger partial charge < -0.3 is 10.6 Å². The largest absolute Gasteiger partial charge is 0.352 e. The fourth-order valence-corrected chi connectivity index (χ4v) is 0.984. The van der Waals surface area contributed by atoms with Gasteiger partial charge in [-0.2, -0.15) is 5.26 Å². The fraction of sp³-hybridized carbons (Fsp3) is 0.667. The smallest absolute Gasteiger partial charge is 0.242 e. The van der Waals surface area contributed by atoms with Crippen molar-refractivity contribution < 1.29 is 9.59 Å². The zero-order valence-corrected chi connectivity index (χ0v) is 8.04. The van der Waals surface area contributed by atoms with E-state index in [0.29, 0.717) is 0 Å². The van der Waals surface area contributed by atoms with Crippen LogP contribution in [-0.4, -0.2) is 23.9 Å². The molecule has 5 heteroatoms. The maximum atomic E-state index is 11.3. The summed E-state index contributed by atoms with van der Waals surface area (Å²) in [5.41, 5.74) is 0. The van der Waals surface area contributed by atoms with Crippen LogP contribution in [0.15, 0.2) is 0 Å². The van der Waals surface area contributed by atoms with Crippen molar-refractivity contribution in [1.29, 1.82) is 5.26 Å². The molecule has 2 amide bonds. The maximum absolute atomic E-state index is 11.3. The van der Waals surface area contributed by atoms with Crippen LogP contribution in [0, 0.1) is 11.3 Å². The Morgan fingerprint density at radius 2 is 2.21 bits per heavy atom. The van der Waals surface area contributed by atoms with Gasteiger partial charge in [-0.1, -0.05) is 0 Å². The van der Waals surface area contributed by atoms with Crippen molar-refractivity contribution in [3.63, 3.8) is 0 Å². The predicted molar refractivity (Wildman–Crippen MR) is 49.0 cm³/mol. The Bertz CT molecular complexity index is 278. The first kappa shape index (κ1) is 10.5. The highest BCUT2D eigenvalue weighted by Crippen LogP contribution is 2.18. The minimum absolute atomic E-state index is 0.182. The lowest BCUT2D eigenvalue weighted by Crippen LogP contribution is -2.45. The molecule has 1 rings (SSSR count). The number of nitrogens with zero attached hydrogens (tertiary/aromatic N) is 1. The van der Waals surface area contributed by atoms with E-state index in [2.05, 4.69) is 10.6 Å². The molecule has 2 N–H and O–H groups in total. The van der Waals surface area contributed by atoms with Crippen LogP contribution in [-0.2, 0) is 9.59 Å². The van der Waals surface area contributed by atoms with Crippen LogP contribution in [0.1, 0.15) is 26.2 Å². The van der Waals surface area contributed by atoms with Gasteiger partial charge in [-0.3, -0.25) is 9.59 Å². The van der Waals surface area contributed by atoms with Crippen molar-refractivity contribution in [2.45, 2.75) is 38.3 Å². The van der Waals surface area contributed by atoms with Gasteiger partial charge in [0.15, 0.2) is 0 Å². The third-order valence-electron chi connectivity index (χ3n) is 1.93. The molecular formula is C9H13N3O2. The van der Waals surface area contributed by atoms with Gasteiger partial charge in [0.25, 0.3) is 0 Å². The first-order chi connectivity index (χ1) is 6.63. The zero-order valence-electron chi connectivity index (χ0n) is 8.04. The Morgan fingerprint density at radius 3 is 2.71 bits per heavy atom.